The van der Waals surface area contributed by atoms with E-state index in [1.807, 2.05) is 0 Å². The number of unbranched alkanes of at least 4 members (excludes halogenated alkanes) is 1. The second-order valence-corrected chi connectivity index (χ2v) is 4.46. The van der Waals surface area contributed by atoms with E-state index >= 15 is 0 Å². The molecule has 0 saturated heterocycles. The molecule has 2 atom stereocenters. The van der Waals surface area contributed by atoms with Gasteiger partial charge >= 0.3 is 0 Å². The predicted molar refractivity (Wildman–Crippen MR) is 68.7 cm³/mol. The standard InChI is InChI=1S/C13H29NO2/c1-4-6-7-12(14-9-5-2)11-13(15)8-10-16-3/h12-15H,4-11H2,1-3H3/t12-,13-/m0/s1. The largest absolute Gasteiger partial charge is 0.393 e. The fourth-order valence-corrected chi connectivity index (χ4v) is 1.80. The molecule has 0 aromatic rings. The van der Waals surface area contributed by atoms with Crippen molar-refractivity contribution in [2.75, 3.05) is 20.3 Å². The van der Waals surface area contributed by atoms with Gasteiger partial charge in [0.05, 0.1) is 6.10 Å². The van der Waals surface area contributed by atoms with Crippen LogP contribution in [-0.2, 0) is 4.74 Å². The molecule has 0 aliphatic rings. The van der Waals surface area contributed by atoms with Crippen molar-refractivity contribution in [3.8, 4) is 0 Å². The Hall–Kier alpha value is -0.120. The van der Waals surface area contributed by atoms with Crippen LogP contribution in [-0.4, -0.2) is 37.5 Å². The number of aliphatic hydroxyl groups excluding tert-OH is 1. The number of hydrogen-bond donors (Lipinski definition) is 2. The Morgan fingerprint density at radius 3 is 2.50 bits per heavy atom. The first-order valence-electron chi connectivity index (χ1n) is 6.64. The maximum Gasteiger partial charge on any atom is 0.0577 e. The van der Waals surface area contributed by atoms with Crippen LogP contribution in [0.15, 0.2) is 0 Å². The zero-order valence-electron chi connectivity index (χ0n) is 11.2. The minimum Gasteiger partial charge on any atom is -0.393 e. The normalized spacial score (nSPS) is 15.0. The van der Waals surface area contributed by atoms with Gasteiger partial charge in [-0.15, -0.1) is 0 Å². The fourth-order valence-electron chi connectivity index (χ4n) is 1.80. The van der Waals surface area contributed by atoms with E-state index in [0.29, 0.717) is 12.6 Å². The highest BCUT2D eigenvalue weighted by molar-refractivity contribution is 4.71. The van der Waals surface area contributed by atoms with Crippen molar-refractivity contribution in [2.45, 2.75) is 64.5 Å². The van der Waals surface area contributed by atoms with E-state index in [4.69, 9.17) is 4.74 Å². The molecule has 0 heterocycles. The van der Waals surface area contributed by atoms with Gasteiger partial charge in [0.1, 0.15) is 0 Å². The van der Waals surface area contributed by atoms with E-state index in [-0.39, 0.29) is 6.10 Å². The van der Waals surface area contributed by atoms with Gasteiger partial charge in [-0.05, 0) is 32.2 Å². The molecule has 0 amide bonds. The summed E-state index contributed by atoms with van der Waals surface area (Å²) >= 11 is 0. The van der Waals surface area contributed by atoms with Gasteiger partial charge in [0.25, 0.3) is 0 Å². The van der Waals surface area contributed by atoms with Crippen LogP contribution in [0.4, 0.5) is 0 Å². The summed E-state index contributed by atoms with van der Waals surface area (Å²) in [5, 5.41) is 13.3. The summed E-state index contributed by atoms with van der Waals surface area (Å²) in [6.07, 6.45) is 6.14. The van der Waals surface area contributed by atoms with Crippen LogP contribution < -0.4 is 5.32 Å². The second-order valence-electron chi connectivity index (χ2n) is 4.46. The molecular weight excluding hydrogens is 202 g/mol. The summed E-state index contributed by atoms with van der Waals surface area (Å²) in [4.78, 5) is 0. The number of nitrogens with one attached hydrogen (secondary N) is 1. The quantitative estimate of drug-likeness (QED) is 0.573. The van der Waals surface area contributed by atoms with Crippen molar-refractivity contribution in [3.63, 3.8) is 0 Å². The van der Waals surface area contributed by atoms with E-state index in [1.165, 1.54) is 19.3 Å². The third-order valence-electron chi connectivity index (χ3n) is 2.80. The zero-order valence-corrected chi connectivity index (χ0v) is 11.2. The average Bonchev–Trinajstić information content (AvgIpc) is 2.30. The lowest BCUT2D eigenvalue weighted by atomic mass is 10.0. The highest BCUT2D eigenvalue weighted by Crippen LogP contribution is 2.09. The molecule has 98 valence electrons. The highest BCUT2D eigenvalue weighted by atomic mass is 16.5. The summed E-state index contributed by atoms with van der Waals surface area (Å²) in [6, 6.07) is 0.465. The number of rotatable bonds is 11. The summed E-state index contributed by atoms with van der Waals surface area (Å²) in [5.41, 5.74) is 0. The number of aliphatic hydroxyl groups is 1. The third-order valence-corrected chi connectivity index (χ3v) is 2.80. The summed E-state index contributed by atoms with van der Waals surface area (Å²) in [5.74, 6) is 0. The Labute approximate surface area is 101 Å². The smallest absolute Gasteiger partial charge is 0.0577 e. The molecule has 0 fully saturated rings. The molecule has 0 rings (SSSR count). The van der Waals surface area contributed by atoms with Crippen molar-refractivity contribution in [3.05, 3.63) is 0 Å². The lowest BCUT2D eigenvalue weighted by Crippen LogP contribution is -2.33. The van der Waals surface area contributed by atoms with Crippen LogP contribution in [0.25, 0.3) is 0 Å². The summed E-state index contributed by atoms with van der Waals surface area (Å²) < 4.78 is 4.98. The van der Waals surface area contributed by atoms with Crippen molar-refractivity contribution in [1.82, 2.24) is 5.32 Å². The van der Waals surface area contributed by atoms with E-state index < -0.39 is 0 Å². The van der Waals surface area contributed by atoms with Crippen LogP contribution in [0.5, 0.6) is 0 Å². The van der Waals surface area contributed by atoms with Gasteiger partial charge in [0.15, 0.2) is 0 Å². The molecule has 3 heteroatoms. The number of methoxy groups -OCH3 is 1. The SMILES string of the molecule is CCCC[C@@H](C[C@@H](O)CCOC)NCCC. The second kappa shape index (κ2) is 11.4. The van der Waals surface area contributed by atoms with Crippen molar-refractivity contribution < 1.29 is 9.84 Å². The van der Waals surface area contributed by atoms with Gasteiger partial charge in [-0.2, -0.15) is 0 Å². The van der Waals surface area contributed by atoms with Gasteiger partial charge in [0.2, 0.25) is 0 Å². The highest BCUT2D eigenvalue weighted by Gasteiger charge is 2.13. The first kappa shape index (κ1) is 15.9. The molecule has 0 aliphatic carbocycles. The maximum absolute atomic E-state index is 9.83. The van der Waals surface area contributed by atoms with E-state index in [1.54, 1.807) is 7.11 Å². The van der Waals surface area contributed by atoms with Gasteiger partial charge in [-0.1, -0.05) is 26.7 Å². The minimum atomic E-state index is -0.230. The molecule has 2 N–H and O–H groups in total. The molecule has 0 aromatic carbocycles. The minimum absolute atomic E-state index is 0.230. The van der Waals surface area contributed by atoms with E-state index in [9.17, 15) is 5.11 Å². The van der Waals surface area contributed by atoms with Crippen LogP contribution in [0, 0.1) is 0 Å². The average molecular weight is 231 g/mol. The lowest BCUT2D eigenvalue weighted by molar-refractivity contribution is 0.0945. The Morgan fingerprint density at radius 2 is 1.94 bits per heavy atom. The van der Waals surface area contributed by atoms with Gasteiger partial charge < -0.3 is 15.2 Å². The summed E-state index contributed by atoms with van der Waals surface area (Å²) in [7, 11) is 1.68. The van der Waals surface area contributed by atoms with Crippen molar-refractivity contribution in [1.29, 1.82) is 0 Å². The molecule has 0 saturated carbocycles. The van der Waals surface area contributed by atoms with Crippen LogP contribution in [0.3, 0.4) is 0 Å². The number of ether oxygens (including phenoxy) is 1. The van der Waals surface area contributed by atoms with Crippen LogP contribution in [0.1, 0.15) is 52.4 Å². The molecule has 3 nitrogen and oxygen atoms in total. The van der Waals surface area contributed by atoms with E-state index in [0.717, 1.165) is 25.8 Å². The third kappa shape index (κ3) is 9.13. The van der Waals surface area contributed by atoms with Crippen LogP contribution in [0.2, 0.25) is 0 Å². The molecule has 0 bridgehead atoms. The Bertz CT molecular complexity index is 134. The fraction of sp³-hybridized carbons (Fsp3) is 1.00. The monoisotopic (exact) mass is 231 g/mol. The molecule has 0 aliphatic heterocycles. The molecule has 16 heavy (non-hydrogen) atoms. The Balaban J connectivity index is 3.78. The summed E-state index contributed by atoms with van der Waals surface area (Å²) in [6.45, 7) is 6.07. The van der Waals surface area contributed by atoms with Gasteiger partial charge in [0, 0.05) is 19.8 Å². The van der Waals surface area contributed by atoms with Gasteiger partial charge in [-0.25, -0.2) is 0 Å². The maximum atomic E-state index is 9.83. The molecular formula is C13H29NO2. The van der Waals surface area contributed by atoms with Crippen molar-refractivity contribution >= 4 is 0 Å². The lowest BCUT2D eigenvalue weighted by Gasteiger charge is -2.21. The Morgan fingerprint density at radius 1 is 1.19 bits per heavy atom. The van der Waals surface area contributed by atoms with Crippen LogP contribution >= 0.6 is 0 Å². The first-order valence-corrected chi connectivity index (χ1v) is 6.64. The first-order chi connectivity index (χ1) is 7.74. The molecule has 0 aromatic heterocycles. The molecule has 0 spiro atoms. The molecule has 0 unspecified atom stereocenters. The molecule has 0 radical (unpaired) electrons. The number of hydrogen-bond acceptors (Lipinski definition) is 3. The topological polar surface area (TPSA) is 41.5 Å². The Kier molecular flexibility index (Phi) is 11.3. The predicted octanol–water partition coefficient (Wildman–Crippen LogP) is 2.33. The van der Waals surface area contributed by atoms with Gasteiger partial charge in [-0.3, -0.25) is 0 Å². The zero-order chi connectivity index (χ0) is 12.2. The van der Waals surface area contributed by atoms with E-state index in [2.05, 4.69) is 19.2 Å². The van der Waals surface area contributed by atoms with Crippen molar-refractivity contribution in [2.24, 2.45) is 0 Å².